The number of carbonyl (C=O) groups excluding carboxylic acids is 1. The molecule has 156 valence electrons. The number of nitrogens with zero attached hydrogens (tertiary/aromatic N) is 1. The minimum atomic E-state index is -4.66. The maximum absolute atomic E-state index is 13.7. The van der Waals surface area contributed by atoms with Crippen molar-refractivity contribution in [3.8, 4) is 0 Å². The first-order chi connectivity index (χ1) is 13.1. The van der Waals surface area contributed by atoms with E-state index in [0.717, 1.165) is 12.1 Å². The number of aryl methyl sites for hydroxylation is 1. The van der Waals surface area contributed by atoms with Crippen LogP contribution in [0.25, 0.3) is 10.9 Å². The van der Waals surface area contributed by atoms with Crippen LogP contribution < -0.4 is 0 Å². The van der Waals surface area contributed by atoms with E-state index in [0.29, 0.717) is 0 Å². The molecule has 0 saturated heterocycles. The standard InChI is InChI=1S/C18H23F3NO5P/c1-5-25-17(23)16-10-13-14(18(19,20)21)8-12(9-15(13)22(16)4)11-28(24,26-6-2)27-7-3/h8-10H,5-7,11H2,1-4H3. The van der Waals surface area contributed by atoms with Crippen LogP contribution in [-0.2, 0) is 37.7 Å². The quantitative estimate of drug-likeness (QED) is 0.436. The Balaban J connectivity index is 2.65. The number of halogens is 3. The molecule has 0 bridgehead atoms. The maximum atomic E-state index is 13.7. The minimum Gasteiger partial charge on any atom is -0.461 e. The second-order valence-corrected chi connectivity index (χ2v) is 8.04. The van der Waals surface area contributed by atoms with E-state index in [1.54, 1.807) is 20.8 Å². The van der Waals surface area contributed by atoms with E-state index < -0.39 is 25.3 Å². The zero-order chi connectivity index (χ0) is 21.1. The number of ether oxygens (including phenoxy) is 1. The van der Waals surface area contributed by atoms with Gasteiger partial charge >= 0.3 is 19.7 Å². The molecule has 0 aliphatic heterocycles. The topological polar surface area (TPSA) is 66.8 Å². The summed E-state index contributed by atoms with van der Waals surface area (Å²) < 4.78 is 70.4. The average Bonchev–Trinajstić information content (AvgIpc) is 2.91. The summed E-state index contributed by atoms with van der Waals surface area (Å²) in [6.07, 6.45) is -4.98. The molecule has 0 amide bonds. The number of alkyl halides is 3. The maximum Gasteiger partial charge on any atom is 0.417 e. The van der Waals surface area contributed by atoms with Crippen LogP contribution in [-0.4, -0.2) is 30.4 Å². The first kappa shape index (κ1) is 22.5. The van der Waals surface area contributed by atoms with Gasteiger partial charge in [-0.2, -0.15) is 13.2 Å². The van der Waals surface area contributed by atoms with Gasteiger partial charge in [-0.3, -0.25) is 4.57 Å². The Morgan fingerprint density at radius 3 is 2.18 bits per heavy atom. The van der Waals surface area contributed by atoms with E-state index in [4.69, 9.17) is 13.8 Å². The molecule has 10 heteroatoms. The molecule has 2 rings (SSSR count). The van der Waals surface area contributed by atoms with Gasteiger partial charge in [-0.15, -0.1) is 0 Å². The van der Waals surface area contributed by atoms with Crippen LogP contribution >= 0.6 is 7.60 Å². The van der Waals surface area contributed by atoms with Gasteiger partial charge < -0.3 is 18.4 Å². The van der Waals surface area contributed by atoms with E-state index >= 15 is 0 Å². The summed E-state index contributed by atoms with van der Waals surface area (Å²) in [5, 5.41) is -0.135. The lowest BCUT2D eigenvalue weighted by Gasteiger charge is -2.18. The van der Waals surface area contributed by atoms with Crippen molar-refractivity contribution in [2.75, 3.05) is 19.8 Å². The van der Waals surface area contributed by atoms with Crippen LogP contribution in [0.1, 0.15) is 42.4 Å². The molecule has 6 nitrogen and oxygen atoms in total. The number of rotatable bonds is 8. The highest BCUT2D eigenvalue weighted by atomic mass is 31.2. The lowest BCUT2D eigenvalue weighted by Crippen LogP contribution is -2.09. The van der Waals surface area contributed by atoms with Crippen molar-refractivity contribution in [2.45, 2.75) is 33.1 Å². The summed E-state index contributed by atoms with van der Waals surface area (Å²) in [6, 6.07) is 3.53. The third kappa shape index (κ3) is 4.77. The van der Waals surface area contributed by atoms with Gasteiger partial charge in [-0.05, 0) is 44.5 Å². The lowest BCUT2D eigenvalue weighted by molar-refractivity contribution is -0.136. The number of aromatic nitrogens is 1. The summed E-state index contributed by atoms with van der Waals surface area (Å²) in [4.78, 5) is 12.1. The van der Waals surface area contributed by atoms with Crippen LogP contribution in [0.3, 0.4) is 0 Å². The largest absolute Gasteiger partial charge is 0.461 e. The first-order valence-corrected chi connectivity index (χ1v) is 10.5. The Kier molecular flexibility index (Phi) is 6.96. The minimum absolute atomic E-state index is 0.00250. The molecule has 0 radical (unpaired) electrons. The van der Waals surface area contributed by atoms with E-state index in [9.17, 15) is 22.5 Å². The molecule has 2 aromatic rings. The van der Waals surface area contributed by atoms with E-state index in [1.165, 1.54) is 17.7 Å². The first-order valence-electron chi connectivity index (χ1n) is 8.81. The monoisotopic (exact) mass is 421 g/mol. The molecule has 1 aromatic carbocycles. The summed E-state index contributed by atoms with van der Waals surface area (Å²) in [5.74, 6) is -0.717. The molecule has 0 fully saturated rings. The van der Waals surface area contributed by atoms with Gasteiger partial charge in [0.1, 0.15) is 5.69 Å². The molecule has 28 heavy (non-hydrogen) atoms. The molecule has 0 atom stereocenters. The molecular weight excluding hydrogens is 398 g/mol. The van der Waals surface area contributed by atoms with Crippen LogP contribution in [0, 0.1) is 0 Å². The summed E-state index contributed by atoms with van der Waals surface area (Å²) in [5.41, 5.74) is -0.614. The van der Waals surface area contributed by atoms with Gasteiger partial charge in [0.05, 0.1) is 31.5 Å². The van der Waals surface area contributed by atoms with E-state index in [-0.39, 0.29) is 48.1 Å². The third-order valence-electron chi connectivity index (χ3n) is 4.04. The molecule has 0 aliphatic rings. The molecule has 0 aliphatic carbocycles. The SMILES string of the molecule is CCOC(=O)c1cc2c(C(F)(F)F)cc(CP(=O)(OCC)OCC)cc2n1C. The van der Waals surface area contributed by atoms with Crippen molar-refractivity contribution in [3.63, 3.8) is 0 Å². The van der Waals surface area contributed by atoms with Crippen molar-refractivity contribution in [1.82, 2.24) is 4.57 Å². The lowest BCUT2D eigenvalue weighted by atomic mass is 10.1. The molecule has 0 unspecified atom stereocenters. The molecule has 1 heterocycles. The predicted octanol–water partition coefficient (Wildman–Crippen LogP) is 5.14. The highest BCUT2D eigenvalue weighted by Gasteiger charge is 2.35. The number of hydrogen-bond acceptors (Lipinski definition) is 5. The van der Waals surface area contributed by atoms with Gasteiger partial charge in [-0.25, -0.2) is 4.79 Å². The average molecular weight is 421 g/mol. The predicted molar refractivity (Wildman–Crippen MR) is 98.4 cm³/mol. The fraction of sp³-hybridized carbons (Fsp3) is 0.500. The van der Waals surface area contributed by atoms with E-state index in [1.807, 2.05) is 0 Å². The van der Waals surface area contributed by atoms with Crippen molar-refractivity contribution in [3.05, 3.63) is 35.0 Å². The summed E-state index contributed by atoms with van der Waals surface area (Å²) >= 11 is 0. The zero-order valence-corrected chi connectivity index (χ0v) is 17.0. The fourth-order valence-electron chi connectivity index (χ4n) is 2.96. The smallest absolute Gasteiger partial charge is 0.417 e. The Morgan fingerprint density at radius 2 is 1.68 bits per heavy atom. The normalized spacial score (nSPS) is 12.5. The van der Waals surface area contributed by atoms with Gasteiger partial charge in [0, 0.05) is 18.0 Å². The zero-order valence-electron chi connectivity index (χ0n) is 16.1. The molecule has 0 N–H and O–H groups in total. The van der Waals surface area contributed by atoms with Gasteiger partial charge in [0.15, 0.2) is 0 Å². The van der Waals surface area contributed by atoms with Crippen LogP contribution in [0.4, 0.5) is 13.2 Å². The fourth-order valence-corrected chi connectivity index (χ4v) is 4.63. The Bertz CT molecular complexity index is 897. The summed E-state index contributed by atoms with van der Waals surface area (Å²) in [7, 11) is -2.12. The van der Waals surface area contributed by atoms with Gasteiger partial charge in [0.2, 0.25) is 0 Å². The van der Waals surface area contributed by atoms with Crippen LogP contribution in [0.5, 0.6) is 0 Å². The van der Waals surface area contributed by atoms with E-state index in [2.05, 4.69) is 0 Å². The van der Waals surface area contributed by atoms with Crippen LogP contribution in [0.15, 0.2) is 18.2 Å². The van der Waals surface area contributed by atoms with Gasteiger partial charge in [-0.1, -0.05) is 0 Å². The van der Waals surface area contributed by atoms with Crippen LogP contribution in [0.2, 0.25) is 0 Å². The molecular formula is C18H23F3NO5P. The highest BCUT2D eigenvalue weighted by molar-refractivity contribution is 7.53. The third-order valence-corrected chi connectivity index (χ3v) is 6.10. The van der Waals surface area contributed by atoms with Crippen molar-refractivity contribution < 1.29 is 36.3 Å². The molecule has 0 saturated carbocycles. The molecule has 1 aromatic heterocycles. The summed E-state index contributed by atoms with van der Waals surface area (Å²) in [6.45, 7) is 5.16. The van der Waals surface area contributed by atoms with Gasteiger partial charge in [0.25, 0.3) is 0 Å². The second kappa shape index (κ2) is 8.68. The van der Waals surface area contributed by atoms with Crippen molar-refractivity contribution in [2.24, 2.45) is 7.05 Å². The molecule has 0 spiro atoms. The highest BCUT2D eigenvalue weighted by Crippen LogP contribution is 2.52. The Hall–Kier alpha value is -1.83. The Morgan fingerprint density at radius 1 is 1.07 bits per heavy atom. The van der Waals surface area contributed by atoms with Crippen molar-refractivity contribution in [1.29, 1.82) is 0 Å². The number of fused-ring (bicyclic) bond motifs is 1. The Labute approximate surface area is 161 Å². The van der Waals surface area contributed by atoms with Crippen molar-refractivity contribution >= 4 is 24.5 Å². The number of esters is 1. The number of benzene rings is 1. The number of carbonyl (C=O) groups is 1. The number of hydrogen-bond donors (Lipinski definition) is 0. The second-order valence-electron chi connectivity index (χ2n) is 5.99.